The summed E-state index contributed by atoms with van der Waals surface area (Å²) in [7, 11) is 0. The van der Waals surface area contributed by atoms with Gasteiger partial charge in [0, 0.05) is 34.5 Å². The van der Waals surface area contributed by atoms with Crippen LogP contribution >= 0.6 is 11.3 Å². The summed E-state index contributed by atoms with van der Waals surface area (Å²) in [5.41, 5.74) is 3.26. The second kappa shape index (κ2) is 8.83. The molecule has 2 aliphatic carbocycles. The maximum absolute atomic E-state index is 13.1. The number of Topliss-reactive ketones (excluding diaryl/α,β-unsaturated/α-hetero) is 1. The quantitative estimate of drug-likeness (QED) is 0.423. The van der Waals surface area contributed by atoms with Crippen LogP contribution in [0.5, 0.6) is 0 Å². The van der Waals surface area contributed by atoms with Crippen LogP contribution in [0.15, 0.2) is 36.5 Å². The first-order chi connectivity index (χ1) is 16.0. The molecular formula is C25H24N4O3S. The van der Waals surface area contributed by atoms with E-state index in [1.165, 1.54) is 11.3 Å². The summed E-state index contributed by atoms with van der Waals surface area (Å²) in [4.78, 5) is 30.3. The van der Waals surface area contributed by atoms with Gasteiger partial charge in [0.05, 0.1) is 16.8 Å². The van der Waals surface area contributed by atoms with Crippen LogP contribution in [0.25, 0.3) is 21.3 Å². The molecular weight excluding hydrogens is 436 g/mol. The van der Waals surface area contributed by atoms with Gasteiger partial charge in [0.25, 0.3) is 0 Å². The molecule has 5 rings (SSSR count). The lowest BCUT2D eigenvalue weighted by Crippen LogP contribution is -2.39. The Kier molecular flexibility index (Phi) is 5.73. The summed E-state index contributed by atoms with van der Waals surface area (Å²) in [6, 6.07) is 12.1. The van der Waals surface area contributed by atoms with Crippen molar-refractivity contribution in [3.05, 3.63) is 47.0 Å². The van der Waals surface area contributed by atoms with Gasteiger partial charge in [-0.25, -0.2) is 4.79 Å². The van der Waals surface area contributed by atoms with Crippen LogP contribution in [-0.4, -0.2) is 34.1 Å². The number of hydrogen-bond acceptors (Lipinski definition) is 6. The van der Waals surface area contributed by atoms with Gasteiger partial charge in [-0.2, -0.15) is 5.26 Å². The smallest absolute Gasteiger partial charge is 0.404 e. The number of ketones is 1. The van der Waals surface area contributed by atoms with Crippen LogP contribution in [0.4, 0.5) is 10.5 Å². The van der Waals surface area contributed by atoms with Crippen molar-refractivity contribution in [2.75, 3.05) is 5.32 Å². The van der Waals surface area contributed by atoms with E-state index in [1.807, 2.05) is 24.3 Å². The number of hydrogen-bond donors (Lipinski definition) is 3. The Morgan fingerprint density at radius 2 is 1.82 bits per heavy atom. The molecule has 2 fully saturated rings. The first-order valence-corrected chi connectivity index (χ1v) is 12.1. The molecule has 1 amide bonds. The normalized spacial score (nSPS) is 20.2. The lowest BCUT2D eigenvalue weighted by Gasteiger charge is -2.30. The highest BCUT2D eigenvalue weighted by Crippen LogP contribution is 2.39. The van der Waals surface area contributed by atoms with Crippen LogP contribution in [-0.2, 0) is 0 Å². The Morgan fingerprint density at radius 1 is 1.06 bits per heavy atom. The second-order valence-corrected chi connectivity index (χ2v) is 9.92. The van der Waals surface area contributed by atoms with E-state index in [1.54, 1.807) is 6.20 Å². The molecule has 2 aliphatic rings. The van der Waals surface area contributed by atoms with E-state index in [9.17, 15) is 14.9 Å². The predicted molar refractivity (Wildman–Crippen MR) is 128 cm³/mol. The number of benzene rings is 1. The molecule has 0 unspecified atom stereocenters. The number of nitriles is 1. The number of fused-ring (bicyclic) bond motifs is 1. The Labute approximate surface area is 195 Å². The Morgan fingerprint density at radius 3 is 2.48 bits per heavy atom. The molecule has 0 radical (unpaired) electrons. The van der Waals surface area contributed by atoms with Crippen LogP contribution in [0.1, 0.15) is 53.8 Å². The summed E-state index contributed by atoms with van der Waals surface area (Å²) in [5.74, 6) is 0.223. The van der Waals surface area contributed by atoms with Gasteiger partial charge in [-0.3, -0.25) is 9.78 Å². The Balaban J connectivity index is 1.50. The van der Waals surface area contributed by atoms with E-state index in [2.05, 4.69) is 27.8 Å². The van der Waals surface area contributed by atoms with Gasteiger partial charge in [-0.05, 0) is 68.4 Å². The molecule has 3 N–H and O–H groups in total. The van der Waals surface area contributed by atoms with Crippen molar-refractivity contribution < 1.29 is 14.7 Å². The molecule has 0 atom stereocenters. The lowest BCUT2D eigenvalue weighted by atomic mass is 9.90. The number of aromatic nitrogens is 1. The molecule has 2 aromatic heterocycles. The standard InChI is InChI=1S/C25H24N4O3S/c26-12-18-8-10-22(33-18)15-3-9-21-19(11-15)23(20(13-27-21)24(30)14-1-2-14)28-16-4-6-17(7-5-16)29-25(31)32/h3,8-11,13-14,16-17,29H,1-2,4-7H2,(H,27,28)(H,31,32)/t16-,17-. The third-order valence-electron chi connectivity index (χ3n) is 6.49. The van der Waals surface area contributed by atoms with Crippen molar-refractivity contribution in [1.82, 2.24) is 10.3 Å². The molecule has 0 saturated heterocycles. The summed E-state index contributed by atoms with van der Waals surface area (Å²) in [5, 5.41) is 25.3. The molecule has 8 heteroatoms. The SMILES string of the molecule is N#Cc1ccc(-c2ccc3ncc(C(=O)C4CC4)c(N[C@H]4CC[C@H](NC(=O)O)CC4)c3c2)s1. The third kappa shape index (κ3) is 4.55. The van der Waals surface area contributed by atoms with E-state index in [0.717, 1.165) is 65.6 Å². The highest BCUT2D eigenvalue weighted by molar-refractivity contribution is 7.16. The monoisotopic (exact) mass is 460 g/mol. The van der Waals surface area contributed by atoms with Crippen molar-refractivity contribution in [1.29, 1.82) is 5.26 Å². The number of pyridine rings is 1. The number of anilines is 1. The number of amides is 1. The fraction of sp³-hybridized carbons (Fsp3) is 0.360. The Hall–Kier alpha value is -3.44. The van der Waals surface area contributed by atoms with E-state index in [0.29, 0.717) is 10.4 Å². The molecule has 2 heterocycles. The van der Waals surface area contributed by atoms with Crippen molar-refractivity contribution >= 4 is 39.8 Å². The van der Waals surface area contributed by atoms with Gasteiger partial charge in [0.2, 0.25) is 0 Å². The van der Waals surface area contributed by atoms with Crippen LogP contribution in [0.3, 0.4) is 0 Å². The fourth-order valence-electron chi connectivity index (χ4n) is 4.57. The minimum atomic E-state index is -0.982. The zero-order valence-electron chi connectivity index (χ0n) is 18.0. The van der Waals surface area contributed by atoms with E-state index in [-0.39, 0.29) is 23.8 Å². The molecule has 33 heavy (non-hydrogen) atoms. The highest BCUT2D eigenvalue weighted by Gasteiger charge is 2.33. The average Bonchev–Trinajstić information content (AvgIpc) is 3.56. The van der Waals surface area contributed by atoms with E-state index >= 15 is 0 Å². The number of rotatable bonds is 6. The minimum Gasteiger partial charge on any atom is -0.465 e. The van der Waals surface area contributed by atoms with Crippen molar-refractivity contribution in [2.45, 2.75) is 50.6 Å². The summed E-state index contributed by atoms with van der Waals surface area (Å²) < 4.78 is 0. The fourth-order valence-corrected chi connectivity index (χ4v) is 5.37. The molecule has 0 spiro atoms. The number of carboxylic acid groups (broad SMARTS) is 1. The molecule has 3 aromatic rings. The van der Waals surface area contributed by atoms with Crippen LogP contribution in [0.2, 0.25) is 0 Å². The minimum absolute atomic E-state index is 0.0259. The van der Waals surface area contributed by atoms with E-state index < -0.39 is 6.09 Å². The third-order valence-corrected chi connectivity index (χ3v) is 7.52. The predicted octanol–water partition coefficient (Wildman–Crippen LogP) is 5.42. The topological polar surface area (TPSA) is 115 Å². The highest BCUT2D eigenvalue weighted by atomic mass is 32.1. The van der Waals surface area contributed by atoms with Crippen molar-refractivity contribution in [3.63, 3.8) is 0 Å². The summed E-state index contributed by atoms with van der Waals surface area (Å²) >= 11 is 1.44. The molecule has 168 valence electrons. The van der Waals surface area contributed by atoms with Crippen LogP contribution in [0, 0.1) is 17.2 Å². The maximum atomic E-state index is 13.1. The van der Waals surface area contributed by atoms with Gasteiger partial charge < -0.3 is 15.7 Å². The summed E-state index contributed by atoms with van der Waals surface area (Å²) in [6.45, 7) is 0. The molecule has 2 saturated carbocycles. The molecule has 0 bridgehead atoms. The molecule has 7 nitrogen and oxygen atoms in total. The number of nitrogens with one attached hydrogen (secondary N) is 2. The van der Waals surface area contributed by atoms with Gasteiger partial charge in [-0.15, -0.1) is 11.3 Å². The lowest BCUT2D eigenvalue weighted by molar-refractivity contribution is 0.0968. The van der Waals surface area contributed by atoms with Crippen LogP contribution < -0.4 is 10.6 Å². The number of carbonyl (C=O) groups is 2. The number of thiophene rings is 1. The largest absolute Gasteiger partial charge is 0.465 e. The number of nitrogens with zero attached hydrogens (tertiary/aromatic N) is 2. The average molecular weight is 461 g/mol. The zero-order valence-corrected chi connectivity index (χ0v) is 18.8. The molecule has 0 aliphatic heterocycles. The van der Waals surface area contributed by atoms with Crippen molar-refractivity contribution in [3.8, 4) is 16.5 Å². The first-order valence-electron chi connectivity index (χ1n) is 11.2. The van der Waals surface area contributed by atoms with Gasteiger partial charge in [0.15, 0.2) is 5.78 Å². The summed E-state index contributed by atoms with van der Waals surface area (Å²) in [6.07, 6.45) is 5.73. The zero-order chi connectivity index (χ0) is 22.9. The second-order valence-electron chi connectivity index (χ2n) is 8.84. The number of carbonyl (C=O) groups excluding carboxylic acids is 1. The first kappa shape index (κ1) is 21.4. The maximum Gasteiger partial charge on any atom is 0.404 e. The van der Waals surface area contributed by atoms with Gasteiger partial charge >= 0.3 is 6.09 Å². The molecule has 1 aromatic carbocycles. The van der Waals surface area contributed by atoms with E-state index in [4.69, 9.17) is 5.11 Å². The van der Waals surface area contributed by atoms with Gasteiger partial charge in [-0.1, -0.05) is 6.07 Å². The van der Waals surface area contributed by atoms with Crippen molar-refractivity contribution in [2.24, 2.45) is 5.92 Å². The van der Waals surface area contributed by atoms with Gasteiger partial charge in [0.1, 0.15) is 10.9 Å². The Bertz CT molecular complexity index is 1270.